The Hall–Kier alpha value is -3.09. The number of aryl methyl sites for hydroxylation is 3. The van der Waals surface area contributed by atoms with Crippen molar-refractivity contribution in [2.24, 2.45) is 0 Å². The second-order valence-electron chi connectivity index (χ2n) is 6.44. The number of hydrogen-bond donors (Lipinski definition) is 0. The van der Waals surface area contributed by atoms with Gasteiger partial charge in [-0.15, -0.1) is 10.2 Å². The van der Waals surface area contributed by atoms with Crippen LogP contribution in [0, 0.1) is 6.92 Å². The van der Waals surface area contributed by atoms with E-state index >= 15 is 0 Å². The molecule has 7 heteroatoms. The molecule has 0 atom stereocenters. The van der Waals surface area contributed by atoms with Crippen molar-refractivity contribution in [2.75, 3.05) is 6.54 Å². The maximum absolute atomic E-state index is 12.6. The van der Waals surface area contributed by atoms with Crippen molar-refractivity contribution >= 4 is 5.91 Å². The summed E-state index contributed by atoms with van der Waals surface area (Å²) >= 11 is 0. The first-order valence-electron chi connectivity index (χ1n) is 8.73. The number of carbonyl (C=O) groups is 1. The number of benzene rings is 1. The lowest BCUT2D eigenvalue weighted by Crippen LogP contribution is -2.39. The maximum atomic E-state index is 12.6. The number of hydrogen-bond acceptors (Lipinski definition) is 5. The van der Waals surface area contributed by atoms with Gasteiger partial charge in [0.15, 0.2) is 5.82 Å². The van der Waals surface area contributed by atoms with E-state index in [1.165, 1.54) is 11.8 Å². The molecule has 26 heavy (non-hydrogen) atoms. The molecule has 0 fully saturated rings. The molecular formula is C19H20N6O. The summed E-state index contributed by atoms with van der Waals surface area (Å²) in [5.41, 5.74) is 2.45. The first-order chi connectivity index (χ1) is 12.7. The molecule has 0 spiro atoms. The van der Waals surface area contributed by atoms with E-state index in [0.29, 0.717) is 25.3 Å². The fourth-order valence-electron chi connectivity index (χ4n) is 3.14. The van der Waals surface area contributed by atoms with Crippen LogP contribution in [0.25, 0.3) is 0 Å². The maximum Gasteiger partial charge on any atom is 0.274 e. The Kier molecular flexibility index (Phi) is 4.43. The third-order valence-corrected chi connectivity index (χ3v) is 4.60. The smallest absolute Gasteiger partial charge is 0.274 e. The van der Waals surface area contributed by atoms with Gasteiger partial charge in [0.1, 0.15) is 11.5 Å². The van der Waals surface area contributed by atoms with Gasteiger partial charge in [-0.3, -0.25) is 9.78 Å². The topological polar surface area (TPSA) is 76.8 Å². The minimum absolute atomic E-state index is 0.113. The number of fused-ring (bicyclic) bond motifs is 1. The summed E-state index contributed by atoms with van der Waals surface area (Å²) < 4.78 is 2.13. The summed E-state index contributed by atoms with van der Waals surface area (Å²) in [5.74, 6) is 1.69. The lowest BCUT2D eigenvalue weighted by atomic mass is 10.1. The lowest BCUT2D eigenvalue weighted by molar-refractivity contribution is 0.0700. The van der Waals surface area contributed by atoms with Gasteiger partial charge in [-0.25, -0.2) is 4.98 Å². The number of amides is 1. The highest BCUT2D eigenvalue weighted by molar-refractivity contribution is 5.92. The van der Waals surface area contributed by atoms with Crippen LogP contribution in [0.3, 0.4) is 0 Å². The zero-order chi connectivity index (χ0) is 17.9. The van der Waals surface area contributed by atoms with Crippen molar-refractivity contribution in [3.63, 3.8) is 0 Å². The molecule has 3 heterocycles. The van der Waals surface area contributed by atoms with Gasteiger partial charge in [0, 0.05) is 25.7 Å². The molecule has 2 aromatic heterocycles. The molecule has 4 rings (SSSR count). The van der Waals surface area contributed by atoms with Gasteiger partial charge in [-0.05, 0) is 18.9 Å². The molecule has 0 unspecified atom stereocenters. The Bertz CT molecular complexity index is 904. The molecule has 1 amide bonds. The van der Waals surface area contributed by atoms with Crippen LogP contribution < -0.4 is 0 Å². The van der Waals surface area contributed by atoms with Gasteiger partial charge in [-0.2, -0.15) is 0 Å². The van der Waals surface area contributed by atoms with E-state index in [0.717, 1.165) is 30.2 Å². The van der Waals surface area contributed by atoms with Crippen molar-refractivity contribution < 1.29 is 4.79 Å². The standard InChI is InChI=1S/C19H20N6O/c1-14-11-21-16(12-20-14)19(26)24-9-10-25-17(22-23-18(25)13-24)8-7-15-5-3-2-4-6-15/h2-6,11-12H,7-10,13H2,1H3. The Morgan fingerprint density at radius 1 is 1.04 bits per heavy atom. The van der Waals surface area contributed by atoms with Gasteiger partial charge in [0.2, 0.25) is 0 Å². The number of carbonyl (C=O) groups excluding carboxylic acids is 1. The third-order valence-electron chi connectivity index (χ3n) is 4.60. The van der Waals surface area contributed by atoms with E-state index in [4.69, 9.17) is 0 Å². The van der Waals surface area contributed by atoms with E-state index < -0.39 is 0 Å². The molecule has 1 aliphatic rings. The minimum atomic E-state index is -0.113. The SMILES string of the molecule is Cc1cnc(C(=O)N2CCn3c(CCc4ccccc4)nnc3C2)cn1. The summed E-state index contributed by atoms with van der Waals surface area (Å²) in [6, 6.07) is 10.4. The fraction of sp³-hybridized carbons (Fsp3) is 0.316. The van der Waals surface area contributed by atoms with Crippen molar-refractivity contribution in [1.82, 2.24) is 29.6 Å². The van der Waals surface area contributed by atoms with E-state index in [1.54, 1.807) is 11.1 Å². The largest absolute Gasteiger partial charge is 0.328 e. The van der Waals surface area contributed by atoms with Crippen LogP contribution in [0.1, 0.15) is 33.4 Å². The van der Waals surface area contributed by atoms with Crippen LogP contribution in [0.4, 0.5) is 0 Å². The first-order valence-corrected chi connectivity index (χ1v) is 8.73. The van der Waals surface area contributed by atoms with Crippen molar-refractivity contribution in [3.05, 3.63) is 71.3 Å². The van der Waals surface area contributed by atoms with E-state index in [-0.39, 0.29) is 5.91 Å². The van der Waals surface area contributed by atoms with Crippen LogP contribution in [-0.4, -0.2) is 42.1 Å². The van der Waals surface area contributed by atoms with Gasteiger partial charge < -0.3 is 9.47 Å². The normalized spacial score (nSPS) is 13.5. The van der Waals surface area contributed by atoms with Crippen molar-refractivity contribution in [2.45, 2.75) is 32.9 Å². The number of rotatable bonds is 4. The Labute approximate surface area is 151 Å². The molecule has 0 bridgehead atoms. The summed E-state index contributed by atoms with van der Waals surface area (Å²) in [7, 11) is 0. The van der Waals surface area contributed by atoms with E-state index in [1.807, 2.05) is 25.1 Å². The average Bonchev–Trinajstić information content (AvgIpc) is 3.09. The highest BCUT2D eigenvalue weighted by Gasteiger charge is 2.25. The van der Waals surface area contributed by atoms with Gasteiger partial charge in [-0.1, -0.05) is 30.3 Å². The Morgan fingerprint density at radius 2 is 1.88 bits per heavy atom. The predicted molar refractivity (Wildman–Crippen MR) is 95.4 cm³/mol. The highest BCUT2D eigenvalue weighted by atomic mass is 16.2. The first kappa shape index (κ1) is 16.4. The molecular weight excluding hydrogens is 328 g/mol. The average molecular weight is 348 g/mol. The molecule has 0 saturated heterocycles. The molecule has 0 radical (unpaired) electrons. The fourth-order valence-corrected chi connectivity index (χ4v) is 3.14. The molecule has 1 aromatic carbocycles. The zero-order valence-corrected chi connectivity index (χ0v) is 14.7. The van der Waals surface area contributed by atoms with Crippen LogP contribution in [-0.2, 0) is 25.9 Å². The summed E-state index contributed by atoms with van der Waals surface area (Å²) in [6.07, 6.45) is 4.92. The lowest BCUT2D eigenvalue weighted by Gasteiger charge is -2.27. The molecule has 0 saturated carbocycles. The molecule has 1 aliphatic heterocycles. The monoisotopic (exact) mass is 348 g/mol. The zero-order valence-electron chi connectivity index (χ0n) is 14.7. The van der Waals surface area contributed by atoms with E-state index in [2.05, 4.69) is 36.9 Å². The quantitative estimate of drug-likeness (QED) is 0.719. The minimum Gasteiger partial charge on any atom is -0.328 e. The second-order valence-corrected chi connectivity index (χ2v) is 6.44. The molecule has 0 aliphatic carbocycles. The summed E-state index contributed by atoms with van der Waals surface area (Å²) in [5, 5.41) is 8.63. The Morgan fingerprint density at radius 3 is 2.65 bits per heavy atom. The van der Waals surface area contributed by atoms with Gasteiger partial charge >= 0.3 is 0 Å². The highest BCUT2D eigenvalue weighted by Crippen LogP contribution is 2.16. The molecule has 7 nitrogen and oxygen atoms in total. The molecule has 132 valence electrons. The summed E-state index contributed by atoms with van der Waals surface area (Å²) in [6.45, 7) is 3.63. The number of nitrogens with zero attached hydrogens (tertiary/aromatic N) is 6. The third kappa shape index (κ3) is 3.33. The summed E-state index contributed by atoms with van der Waals surface area (Å²) in [4.78, 5) is 22.7. The van der Waals surface area contributed by atoms with Crippen LogP contribution >= 0.6 is 0 Å². The van der Waals surface area contributed by atoms with Crippen LogP contribution in [0.2, 0.25) is 0 Å². The van der Waals surface area contributed by atoms with E-state index in [9.17, 15) is 4.79 Å². The van der Waals surface area contributed by atoms with Gasteiger partial charge in [0.25, 0.3) is 5.91 Å². The molecule has 0 N–H and O–H groups in total. The molecule has 3 aromatic rings. The van der Waals surface area contributed by atoms with Crippen LogP contribution in [0.5, 0.6) is 0 Å². The van der Waals surface area contributed by atoms with Crippen LogP contribution in [0.15, 0.2) is 42.7 Å². The Balaban J connectivity index is 1.44. The second kappa shape index (κ2) is 7.03. The number of aromatic nitrogens is 5. The predicted octanol–water partition coefficient (Wildman–Crippen LogP) is 1.82. The van der Waals surface area contributed by atoms with Gasteiger partial charge in [0.05, 0.1) is 18.4 Å². The van der Waals surface area contributed by atoms with Crippen molar-refractivity contribution in [1.29, 1.82) is 0 Å². The van der Waals surface area contributed by atoms with Crippen molar-refractivity contribution in [3.8, 4) is 0 Å².